The second-order valence-corrected chi connectivity index (χ2v) is 9.85. The summed E-state index contributed by atoms with van der Waals surface area (Å²) in [5.74, 6) is 1.71. The van der Waals surface area contributed by atoms with Gasteiger partial charge in [-0.1, -0.05) is 30.3 Å². The fourth-order valence-electron chi connectivity index (χ4n) is 4.72. The van der Waals surface area contributed by atoms with E-state index < -0.39 is 0 Å². The van der Waals surface area contributed by atoms with Gasteiger partial charge in [-0.05, 0) is 105 Å². The molecule has 188 valence electrons. The van der Waals surface area contributed by atoms with Crippen LogP contribution in [0, 0.1) is 41.5 Å². The molecule has 0 radical (unpaired) electrons. The highest BCUT2D eigenvalue weighted by Gasteiger charge is 2.15. The van der Waals surface area contributed by atoms with E-state index in [-0.39, 0.29) is 12.5 Å². The van der Waals surface area contributed by atoms with Gasteiger partial charge in [-0.15, -0.1) is 0 Å². The Kier molecular flexibility index (Phi) is 7.78. The van der Waals surface area contributed by atoms with Crippen molar-refractivity contribution in [3.05, 3.63) is 93.3 Å². The van der Waals surface area contributed by atoms with Crippen LogP contribution < -0.4 is 10.1 Å². The number of rotatable bonds is 9. The Labute approximate surface area is 214 Å². The number of carbonyl (C=O) groups is 1. The second kappa shape index (κ2) is 11.0. The molecule has 0 atom stereocenters. The first kappa shape index (κ1) is 25.5. The SMILES string of the molecule is Cc1ccc(C)c(OCC(=O)NCCCc2nc3ccccc3n2Cc2c(C)c(C)cc(C)c2C)c1. The monoisotopic (exact) mass is 483 g/mol. The lowest BCUT2D eigenvalue weighted by Crippen LogP contribution is -2.30. The zero-order valence-electron chi connectivity index (χ0n) is 22.4. The average molecular weight is 484 g/mol. The number of aromatic nitrogens is 2. The topological polar surface area (TPSA) is 56.1 Å². The van der Waals surface area contributed by atoms with Crippen LogP contribution in [0.4, 0.5) is 0 Å². The average Bonchev–Trinajstić information content (AvgIpc) is 3.21. The number of benzene rings is 3. The number of para-hydroxylation sites is 2. The molecular weight excluding hydrogens is 446 g/mol. The van der Waals surface area contributed by atoms with Crippen molar-refractivity contribution in [3.63, 3.8) is 0 Å². The van der Waals surface area contributed by atoms with Crippen LogP contribution in [0.15, 0.2) is 48.5 Å². The van der Waals surface area contributed by atoms with Crippen molar-refractivity contribution in [1.82, 2.24) is 14.9 Å². The molecule has 4 rings (SSSR count). The predicted molar refractivity (Wildman–Crippen MR) is 147 cm³/mol. The molecule has 1 aromatic heterocycles. The van der Waals surface area contributed by atoms with Crippen molar-refractivity contribution in [3.8, 4) is 5.75 Å². The lowest BCUT2D eigenvalue weighted by molar-refractivity contribution is -0.123. The van der Waals surface area contributed by atoms with E-state index in [4.69, 9.17) is 9.72 Å². The molecule has 0 aliphatic heterocycles. The minimum Gasteiger partial charge on any atom is -0.483 e. The van der Waals surface area contributed by atoms with Crippen LogP contribution in [0.2, 0.25) is 0 Å². The number of nitrogens with zero attached hydrogens (tertiary/aromatic N) is 2. The van der Waals surface area contributed by atoms with E-state index in [9.17, 15) is 4.79 Å². The van der Waals surface area contributed by atoms with Crippen molar-refractivity contribution in [1.29, 1.82) is 0 Å². The van der Waals surface area contributed by atoms with Gasteiger partial charge in [-0.25, -0.2) is 4.98 Å². The smallest absolute Gasteiger partial charge is 0.257 e. The van der Waals surface area contributed by atoms with Gasteiger partial charge in [0, 0.05) is 19.5 Å². The van der Waals surface area contributed by atoms with Crippen molar-refractivity contribution >= 4 is 16.9 Å². The molecule has 1 N–H and O–H groups in total. The van der Waals surface area contributed by atoms with E-state index in [0.717, 1.165) is 53.1 Å². The zero-order valence-corrected chi connectivity index (χ0v) is 22.4. The Morgan fingerprint density at radius 2 is 1.64 bits per heavy atom. The first-order chi connectivity index (χ1) is 17.2. The summed E-state index contributed by atoms with van der Waals surface area (Å²) in [7, 11) is 0. The summed E-state index contributed by atoms with van der Waals surface area (Å²) in [6.07, 6.45) is 1.60. The number of hydrogen-bond donors (Lipinski definition) is 1. The summed E-state index contributed by atoms with van der Waals surface area (Å²) in [4.78, 5) is 17.3. The molecule has 5 heteroatoms. The molecule has 0 saturated heterocycles. The molecule has 0 saturated carbocycles. The number of hydrogen-bond acceptors (Lipinski definition) is 3. The van der Waals surface area contributed by atoms with Gasteiger partial charge in [0.05, 0.1) is 11.0 Å². The van der Waals surface area contributed by atoms with Crippen LogP contribution in [0.3, 0.4) is 0 Å². The molecule has 1 heterocycles. The Morgan fingerprint density at radius 1 is 0.917 bits per heavy atom. The quantitative estimate of drug-likeness (QED) is 0.294. The Bertz CT molecular complexity index is 1370. The number of amides is 1. The first-order valence-corrected chi connectivity index (χ1v) is 12.7. The highest BCUT2D eigenvalue weighted by atomic mass is 16.5. The van der Waals surface area contributed by atoms with Crippen LogP contribution in [-0.4, -0.2) is 28.6 Å². The number of ether oxygens (including phenoxy) is 1. The van der Waals surface area contributed by atoms with Gasteiger partial charge in [0.15, 0.2) is 6.61 Å². The summed E-state index contributed by atoms with van der Waals surface area (Å²) in [5, 5.41) is 2.99. The third kappa shape index (κ3) is 5.62. The fourth-order valence-corrected chi connectivity index (χ4v) is 4.72. The molecule has 0 bridgehead atoms. The van der Waals surface area contributed by atoms with E-state index in [1.54, 1.807) is 0 Å². The summed E-state index contributed by atoms with van der Waals surface area (Å²) < 4.78 is 8.08. The zero-order chi connectivity index (χ0) is 25.8. The molecule has 4 aromatic rings. The second-order valence-electron chi connectivity index (χ2n) is 9.85. The van der Waals surface area contributed by atoms with Gasteiger partial charge in [0.1, 0.15) is 11.6 Å². The molecule has 0 spiro atoms. The normalized spacial score (nSPS) is 11.2. The fraction of sp³-hybridized carbons (Fsp3) is 0.355. The maximum absolute atomic E-state index is 12.4. The van der Waals surface area contributed by atoms with E-state index in [1.165, 1.54) is 27.8 Å². The molecular formula is C31H37N3O2. The van der Waals surface area contributed by atoms with Gasteiger partial charge in [-0.2, -0.15) is 0 Å². The largest absolute Gasteiger partial charge is 0.483 e. The molecule has 0 fully saturated rings. The van der Waals surface area contributed by atoms with Gasteiger partial charge in [0.2, 0.25) is 0 Å². The summed E-state index contributed by atoms with van der Waals surface area (Å²) in [6, 6.07) is 16.6. The summed E-state index contributed by atoms with van der Waals surface area (Å²) in [6.45, 7) is 14.2. The van der Waals surface area contributed by atoms with Gasteiger partial charge in [-0.3, -0.25) is 4.79 Å². The van der Waals surface area contributed by atoms with E-state index in [2.05, 4.69) is 61.8 Å². The highest BCUT2D eigenvalue weighted by molar-refractivity contribution is 5.77. The minimum absolute atomic E-state index is 0.0219. The van der Waals surface area contributed by atoms with Gasteiger partial charge in [0.25, 0.3) is 5.91 Å². The lowest BCUT2D eigenvalue weighted by atomic mass is 9.94. The van der Waals surface area contributed by atoms with Crippen LogP contribution in [0.1, 0.15) is 51.2 Å². The van der Waals surface area contributed by atoms with E-state index in [0.29, 0.717) is 6.54 Å². The van der Waals surface area contributed by atoms with Crippen molar-refractivity contribution in [2.45, 2.75) is 60.9 Å². The van der Waals surface area contributed by atoms with Gasteiger partial charge < -0.3 is 14.6 Å². The first-order valence-electron chi connectivity index (χ1n) is 12.7. The molecule has 3 aromatic carbocycles. The summed E-state index contributed by atoms with van der Waals surface area (Å²) >= 11 is 0. The molecule has 0 aliphatic rings. The lowest BCUT2D eigenvalue weighted by Gasteiger charge is -2.18. The third-order valence-corrected chi connectivity index (χ3v) is 7.17. The Morgan fingerprint density at radius 3 is 2.39 bits per heavy atom. The highest BCUT2D eigenvalue weighted by Crippen LogP contribution is 2.26. The van der Waals surface area contributed by atoms with Crippen molar-refractivity contribution in [2.75, 3.05) is 13.2 Å². The molecule has 0 unspecified atom stereocenters. The maximum Gasteiger partial charge on any atom is 0.257 e. The Balaban J connectivity index is 1.42. The summed E-state index contributed by atoms with van der Waals surface area (Å²) in [5.41, 5.74) is 11.0. The standard InChI is InChI=1S/C31H37N3O2/c1-20-13-14-21(2)29(16-20)36-19-31(35)32-15-9-12-30-33-27-10-7-8-11-28(27)34(30)18-26-24(5)22(3)17-23(4)25(26)6/h7-8,10-11,13-14,16-17H,9,12,15,18-19H2,1-6H3,(H,32,35). The van der Waals surface area contributed by atoms with Crippen molar-refractivity contribution in [2.24, 2.45) is 0 Å². The van der Waals surface area contributed by atoms with Crippen molar-refractivity contribution < 1.29 is 9.53 Å². The van der Waals surface area contributed by atoms with Crippen LogP contribution in [-0.2, 0) is 17.8 Å². The Hall–Kier alpha value is -3.60. The van der Waals surface area contributed by atoms with Crippen LogP contribution in [0.25, 0.3) is 11.0 Å². The van der Waals surface area contributed by atoms with E-state index >= 15 is 0 Å². The predicted octanol–water partition coefficient (Wildman–Crippen LogP) is 6.06. The number of imidazole rings is 1. The maximum atomic E-state index is 12.4. The number of carbonyl (C=O) groups excluding carboxylic acids is 1. The minimum atomic E-state index is -0.106. The van der Waals surface area contributed by atoms with Crippen LogP contribution in [0.5, 0.6) is 5.75 Å². The third-order valence-electron chi connectivity index (χ3n) is 7.17. The molecule has 0 aliphatic carbocycles. The number of fused-ring (bicyclic) bond motifs is 1. The van der Waals surface area contributed by atoms with Gasteiger partial charge >= 0.3 is 0 Å². The number of aryl methyl sites for hydroxylation is 5. The number of nitrogens with one attached hydrogen (secondary N) is 1. The molecule has 5 nitrogen and oxygen atoms in total. The van der Waals surface area contributed by atoms with Crippen LogP contribution >= 0.6 is 0 Å². The molecule has 1 amide bonds. The van der Waals surface area contributed by atoms with E-state index in [1.807, 2.05) is 38.1 Å². The molecule has 36 heavy (non-hydrogen) atoms.